The minimum absolute atomic E-state index is 0.312. The summed E-state index contributed by atoms with van der Waals surface area (Å²) in [5.74, 6) is 0.792. The Bertz CT molecular complexity index is 523. The van der Waals surface area contributed by atoms with E-state index in [1.807, 2.05) is 0 Å². The van der Waals surface area contributed by atoms with E-state index in [0.717, 1.165) is 12.8 Å². The highest BCUT2D eigenvalue weighted by atomic mass is 32.1. The van der Waals surface area contributed by atoms with Gasteiger partial charge in [-0.15, -0.1) is 0 Å². The number of methoxy groups -OCH3 is 2. The van der Waals surface area contributed by atoms with Gasteiger partial charge in [0.2, 0.25) is 0 Å². The molecule has 1 fully saturated rings. The highest BCUT2D eigenvalue weighted by Crippen LogP contribution is 2.22. The highest BCUT2D eigenvalue weighted by Gasteiger charge is 2.16. The van der Waals surface area contributed by atoms with Gasteiger partial charge in [0.15, 0.2) is 5.11 Å². The topological polar surface area (TPSA) is 71.6 Å². The fourth-order valence-corrected chi connectivity index (χ4v) is 2.63. The summed E-state index contributed by atoms with van der Waals surface area (Å²) in [5.41, 5.74) is 5.72. The first kappa shape index (κ1) is 16.4. The monoisotopic (exact) mass is 323 g/mol. The summed E-state index contributed by atoms with van der Waals surface area (Å²) in [6, 6.07) is 5.37. The molecular weight excluding hydrogens is 302 g/mol. The zero-order chi connectivity index (χ0) is 15.9. The fourth-order valence-electron chi connectivity index (χ4n) is 2.42. The molecule has 1 aliphatic carbocycles. The Morgan fingerprint density at radius 3 is 2.23 bits per heavy atom. The minimum atomic E-state index is -0.312. The second-order valence-corrected chi connectivity index (χ2v) is 5.54. The second kappa shape index (κ2) is 7.84. The Labute approximate surface area is 135 Å². The minimum Gasteiger partial charge on any atom is -0.497 e. The van der Waals surface area contributed by atoms with Crippen molar-refractivity contribution >= 4 is 23.2 Å². The van der Waals surface area contributed by atoms with E-state index in [9.17, 15) is 4.79 Å². The van der Waals surface area contributed by atoms with Gasteiger partial charge in [-0.25, -0.2) is 0 Å². The number of ether oxygens (including phenoxy) is 2. The molecule has 22 heavy (non-hydrogen) atoms. The first-order valence-corrected chi connectivity index (χ1v) is 7.63. The molecule has 0 spiro atoms. The summed E-state index contributed by atoms with van der Waals surface area (Å²) in [6.07, 6.45) is 4.66. The van der Waals surface area contributed by atoms with Gasteiger partial charge in [-0.05, 0) is 37.2 Å². The molecule has 0 saturated heterocycles. The van der Waals surface area contributed by atoms with E-state index in [-0.39, 0.29) is 5.91 Å². The summed E-state index contributed by atoms with van der Waals surface area (Å²) in [7, 11) is 3.07. The van der Waals surface area contributed by atoms with Crippen molar-refractivity contribution in [2.75, 3.05) is 14.2 Å². The van der Waals surface area contributed by atoms with Crippen molar-refractivity contribution in [3.63, 3.8) is 0 Å². The molecule has 1 aromatic rings. The third kappa shape index (κ3) is 4.49. The van der Waals surface area contributed by atoms with Crippen LogP contribution < -0.4 is 25.6 Å². The molecule has 1 saturated carbocycles. The van der Waals surface area contributed by atoms with Crippen LogP contribution in [-0.2, 0) is 0 Å². The van der Waals surface area contributed by atoms with Gasteiger partial charge < -0.3 is 14.8 Å². The van der Waals surface area contributed by atoms with Crippen LogP contribution in [0.1, 0.15) is 36.0 Å². The van der Waals surface area contributed by atoms with Crippen LogP contribution in [0.2, 0.25) is 0 Å². The van der Waals surface area contributed by atoms with Crippen molar-refractivity contribution in [2.45, 2.75) is 31.7 Å². The lowest BCUT2D eigenvalue weighted by molar-refractivity contribution is 0.0943. The third-order valence-corrected chi connectivity index (χ3v) is 3.81. The van der Waals surface area contributed by atoms with Gasteiger partial charge in [0.25, 0.3) is 5.91 Å². The lowest BCUT2D eigenvalue weighted by Gasteiger charge is -2.16. The zero-order valence-corrected chi connectivity index (χ0v) is 13.6. The Balaban J connectivity index is 1.89. The first-order chi connectivity index (χ1) is 10.6. The van der Waals surface area contributed by atoms with Crippen molar-refractivity contribution < 1.29 is 14.3 Å². The van der Waals surface area contributed by atoms with Crippen LogP contribution in [-0.4, -0.2) is 31.3 Å². The van der Waals surface area contributed by atoms with Crippen LogP contribution in [0.15, 0.2) is 18.2 Å². The van der Waals surface area contributed by atoms with Gasteiger partial charge in [-0.1, -0.05) is 12.8 Å². The summed E-state index contributed by atoms with van der Waals surface area (Å²) in [6.45, 7) is 0. The van der Waals surface area contributed by atoms with Gasteiger partial charge in [-0.3, -0.25) is 15.6 Å². The van der Waals surface area contributed by atoms with E-state index in [0.29, 0.717) is 28.2 Å². The largest absolute Gasteiger partial charge is 0.497 e. The number of carbonyl (C=O) groups excluding carboxylic acids is 1. The van der Waals surface area contributed by atoms with E-state index in [2.05, 4.69) is 16.2 Å². The molecule has 0 aliphatic heterocycles. The van der Waals surface area contributed by atoms with Gasteiger partial charge in [0, 0.05) is 17.7 Å². The molecule has 0 heterocycles. The van der Waals surface area contributed by atoms with E-state index in [1.54, 1.807) is 18.2 Å². The van der Waals surface area contributed by atoms with Gasteiger partial charge >= 0.3 is 0 Å². The molecule has 0 aromatic heterocycles. The number of rotatable bonds is 4. The summed E-state index contributed by atoms with van der Waals surface area (Å²) in [5, 5.41) is 3.61. The normalized spacial score (nSPS) is 14.3. The molecule has 0 atom stereocenters. The van der Waals surface area contributed by atoms with Gasteiger partial charge in [0.1, 0.15) is 11.5 Å². The lowest BCUT2D eigenvalue weighted by Crippen LogP contribution is -2.49. The van der Waals surface area contributed by atoms with E-state index in [4.69, 9.17) is 21.7 Å². The molecular formula is C15H21N3O3S. The molecule has 0 bridgehead atoms. The highest BCUT2D eigenvalue weighted by molar-refractivity contribution is 7.80. The van der Waals surface area contributed by atoms with Crippen molar-refractivity contribution in [1.29, 1.82) is 0 Å². The predicted molar refractivity (Wildman–Crippen MR) is 88.1 cm³/mol. The third-order valence-electron chi connectivity index (χ3n) is 3.59. The molecule has 2 rings (SSSR count). The number of thiocarbonyl (C=S) groups is 1. The van der Waals surface area contributed by atoms with Crippen LogP contribution in [0.4, 0.5) is 0 Å². The molecule has 120 valence electrons. The maximum atomic E-state index is 12.2. The molecule has 0 unspecified atom stereocenters. The van der Waals surface area contributed by atoms with Crippen molar-refractivity contribution in [2.24, 2.45) is 0 Å². The number of nitrogens with one attached hydrogen (secondary N) is 3. The van der Waals surface area contributed by atoms with Gasteiger partial charge in [0.05, 0.1) is 14.2 Å². The number of hydrazine groups is 1. The predicted octanol–water partition coefficient (Wildman–Crippen LogP) is 1.76. The molecule has 1 aliphatic rings. The molecule has 6 nitrogen and oxygen atoms in total. The summed E-state index contributed by atoms with van der Waals surface area (Å²) < 4.78 is 10.3. The average molecular weight is 323 g/mol. The molecule has 1 aromatic carbocycles. The maximum Gasteiger partial charge on any atom is 0.269 e. The Morgan fingerprint density at radius 1 is 1.09 bits per heavy atom. The van der Waals surface area contributed by atoms with E-state index in [1.165, 1.54) is 27.1 Å². The van der Waals surface area contributed by atoms with Crippen molar-refractivity contribution in [3.8, 4) is 11.5 Å². The van der Waals surface area contributed by atoms with Gasteiger partial charge in [-0.2, -0.15) is 0 Å². The average Bonchev–Trinajstić information content (AvgIpc) is 3.04. The van der Waals surface area contributed by atoms with Crippen LogP contribution in [0.25, 0.3) is 0 Å². The van der Waals surface area contributed by atoms with Crippen molar-refractivity contribution in [3.05, 3.63) is 23.8 Å². The number of hydrogen-bond acceptors (Lipinski definition) is 4. The lowest BCUT2D eigenvalue weighted by atomic mass is 10.2. The quantitative estimate of drug-likeness (QED) is 0.579. The Hall–Kier alpha value is -2.02. The summed E-state index contributed by atoms with van der Waals surface area (Å²) in [4.78, 5) is 12.2. The Kier molecular flexibility index (Phi) is 5.83. The van der Waals surface area contributed by atoms with Crippen LogP contribution >= 0.6 is 12.2 Å². The molecule has 3 N–H and O–H groups in total. The molecule has 0 radical (unpaired) electrons. The van der Waals surface area contributed by atoms with E-state index >= 15 is 0 Å². The van der Waals surface area contributed by atoms with Crippen LogP contribution in [0.5, 0.6) is 11.5 Å². The number of hydrogen-bond donors (Lipinski definition) is 3. The van der Waals surface area contributed by atoms with Crippen LogP contribution in [0.3, 0.4) is 0 Å². The standard InChI is InChI=1S/C15H21N3O3S/c1-20-12-7-10(8-13(9-12)21-2)14(19)17-18-15(22)16-11-5-3-4-6-11/h7-9,11H,3-6H2,1-2H3,(H,17,19)(H2,16,18,22). The first-order valence-electron chi connectivity index (χ1n) is 7.22. The maximum absolute atomic E-state index is 12.2. The summed E-state index contributed by atoms with van der Waals surface area (Å²) >= 11 is 5.17. The van der Waals surface area contributed by atoms with Crippen LogP contribution in [0, 0.1) is 0 Å². The SMILES string of the molecule is COc1cc(OC)cc(C(=O)NNC(=S)NC2CCCC2)c1. The Morgan fingerprint density at radius 2 is 1.68 bits per heavy atom. The smallest absolute Gasteiger partial charge is 0.269 e. The fraction of sp³-hybridized carbons (Fsp3) is 0.467. The zero-order valence-electron chi connectivity index (χ0n) is 12.8. The second-order valence-electron chi connectivity index (χ2n) is 5.14. The number of benzene rings is 1. The van der Waals surface area contributed by atoms with E-state index < -0.39 is 0 Å². The number of carbonyl (C=O) groups is 1. The molecule has 1 amide bonds. The molecule has 7 heteroatoms. The number of amides is 1. The van der Waals surface area contributed by atoms with Crippen molar-refractivity contribution in [1.82, 2.24) is 16.2 Å².